The molecule has 4 rings (SSSR count). The maximum atomic E-state index is 3.74. The molecule has 1 N–H and O–H groups in total. The Hall–Kier alpha value is -0.820. The van der Waals surface area contributed by atoms with Gasteiger partial charge in [0, 0.05) is 6.04 Å². The predicted octanol–water partition coefficient (Wildman–Crippen LogP) is 4.59. The fourth-order valence-corrected chi connectivity index (χ4v) is 5.03. The molecule has 2 atom stereocenters. The van der Waals surface area contributed by atoms with Gasteiger partial charge < -0.3 is 5.32 Å². The van der Waals surface area contributed by atoms with Crippen molar-refractivity contribution in [1.29, 1.82) is 0 Å². The second-order valence-electron chi connectivity index (χ2n) is 7.59. The van der Waals surface area contributed by atoms with Gasteiger partial charge in [-0.3, -0.25) is 0 Å². The molecule has 0 spiro atoms. The molecule has 1 aliphatic heterocycles. The van der Waals surface area contributed by atoms with Gasteiger partial charge in [0.15, 0.2) is 0 Å². The van der Waals surface area contributed by atoms with Gasteiger partial charge in [-0.2, -0.15) is 0 Å². The smallest absolute Gasteiger partial charge is 0.0139 e. The summed E-state index contributed by atoms with van der Waals surface area (Å²) in [5, 5.41) is 3.74. The first-order valence-corrected chi connectivity index (χ1v) is 9.25. The molecule has 1 saturated carbocycles. The van der Waals surface area contributed by atoms with Crippen LogP contribution < -0.4 is 5.32 Å². The predicted molar refractivity (Wildman–Crippen MR) is 88.8 cm³/mol. The molecule has 1 heteroatoms. The second kappa shape index (κ2) is 6.12. The van der Waals surface area contributed by atoms with Gasteiger partial charge in [-0.15, -0.1) is 0 Å². The molecule has 0 aromatic heterocycles. The molecule has 0 radical (unpaired) electrons. The maximum Gasteiger partial charge on any atom is 0.0139 e. The molecule has 1 nitrogen and oxygen atoms in total. The van der Waals surface area contributed by atoms with Crippen molar-refractivity contribution >= 4 is 0 Å². The Bertz CT molecular complexity index is 487. The fraction of sp³-hybridized carbons (Fsp3) is 0.700. The Kier molecular flexibility index (Phi) is 4.03. The van der Waals surface area contributed by atoms with Crippen molar-refractivity contribution < 1.29 is 0 Å². The highest BCUT2D eigenvalue weighted by molar-refractivity contribution is 5.38. The monoisotopic (exact) mass is 283 g/mol. The van der Waals surface area contributed by atoms with E-state index in [1.54, 1.807) is 16.7 Å². The average molecular weight is 283 g/mol. The van der Waals surface area contributed by atoms with Crippen molar-refractivity contribution in [3.63, 3.8) is 0 Å². The van der Waals surface area contributed by atoms with Gasteiger partial charge in [-0.1, -0.05) is 50.3 Å². The molecule has 2 aliphatic carbocycles. The van der Waals surface area contributed by atoms with E-state index in [4.69, 9.17) is 0 Å². The average Bonchev–Trinajstić information content (AvgIpc) is 2.55. The summed E-state index contributed by atoms with van der Waals surface area (Å²) >= 11 is 0. The Morgan fingerprint density at radius 3 is 2.76 bits per heavy atom. The summed E-state index contributed by atoms with van der Waals surface area (Å²) in [4.78, 5) is 0. The highest BCUT2D eigenvalue weighted by atomic mass is 14.9. The standard InChI is InChI=1S/C20H29N/c1-2-5-15(6-3-1)13-16-8-10-18-17(14-16)9-11-20-19(18)7-4-12-21-20/h8,10,14-15,19-21H,1-7,9,11-13H2. The third kappa shape index (κ3) is 2.90. The largest absolute Gasteiger partial charge is 0.313 e. The van der Waals surface area contributed by atoms with E-state index in [1.807, 2.05) is 0 Å². The maximum absolute atomic E-state index is 3.74. The summed E-state index contributed by atoms with van der Waals surface area (Å²) in [6.45, 7) is 1.23. The van der Waals surface area contributed by atoms with Gasteiger partial charge in [0.25, 0.3) is 0 Å². The molecule has 0 amide bonds. The van der Waals surface area contributed by atoms with Crippen LogP contribution in [-0.2, 0) is 12.8 Å². The number of aryl methyl sites for hydroxylation is 1. The van der Waals surface area contributed by atoms with Crippen molar-refractivity contribution in [3.05, 3.63) is 34.9 Å². The minimum atomic E-state index is 0.760. The molecule has 1 aromatic rings. The first kappa shape index (κ1) is 13.8. The third-order valence-electron chi connectivity index (χ3n) is 6.16. The van der Waals surface area contributed by atoms with E-state index < -0.39 is 0 Å². The van der Waals surface area contributed by atoms with Crippen molar-refractivity contribution in [2.75, 3.05) is 6.54 Å². The van der Waals surface area contributed by atoms with Crippen LogP contribution in [0.15, 0.2) is 18.2 Å². The molecule has 114 valence electrons. The van der Waals surface area contributed by atoms with E-state index >= 15 is 0 Å². The Balaban J connectivity index is 1.51. The molecule has 0 bridgehead atoms. The van der Waals surface area contributed by atoms with Crippen molar-refractivity contribution in [2.24, 2.45) is 5.92 Å². The van der Waals surface area contributed by atoms with Crippen molar-refractivity contribution in [2.45, 2.75) is 76.2 Å². The zero-order valence-corrected chi connectivity index (χ0v) is 13.2. The molecule has 21 heavy (non-hydrogen) atoms. The van der Waals surface area contributed by atoms with Crippen LogP contribution in [-0.4, -0.2) is 12.6 Å². The highest BCUT2D eigenvalue weighted by Gasteiger charge is 2.31. The van der Waals surface area contributed by atoms with E-state index in [1.165, 1.54) is 70.8 Å². The van der Waals surface area contributed by atoms with Gasteiger partial charge in [0.1, 0.15) is 0 Å². The first-order valence-electron chi connectivity index (χ1n) is 9.25. The van der Waals surface area contributed by atoms with Gasteiger partial charge in [-0.25, -0.2) is 0 Å². The normalized spacial score (nSPS) is 29.7. The lowest BCUT2D eigenvalue weighted by Crippen LogP contribution is -2.42. The minimum Gasteiger partial charge on any atom is -0.313 e. The molecule has 1 saturated heterocycles. The quantitative estimate of drug-likeness (QED) is 0.837. The summed E-state index contributed by atoms with van der Waals surface area (Å²) in [6, 6.07) is 8.26. The zero-order valence-electron chi connectivity index (χ0n) is 13.2. The second-order valence-corrected chi connectivity index (χ2v) is 7.59. The van der Waals surface area contributed by atoms with Crippen LogP contribution >= 0.6 is 0 Å². The Morgan fingerprint density at radius 1 is 0.952 bits per heavy atom. The summed E-state index contributed by atoms with van der Waals surface area (Å²) in [6.07, 6.45) is 14.0. The van der Waals surface area contributed by atoms with Crippen LogP contribution in [0.1, 0.15) is 74.0 Å². The van der Waals surface area contributed by atoms with Crippen LogP contribution in [0, 0.1) is 5.92 Å². The summed E-state index contributed by atoms with van der Waals surface area (Å²) in [5.41, 5.74) is 4.96. The molecule has 1 heterocycles. The highest BCUT2D eigenvalue weighted by Crippen LogP contribution is 2.38. The van der Waals surface area contributed by atoms with Crippen LogP contribution in [0.5, 0.6) is 0 Å². The van der Waals surface area contributed by atoms with E-state index in [-0.39, 0.29) is 0 Å². The summed E-state index contributed by atoms with van der Waals surface area (Å²) in [7, 11) is 0. The van der Waals surface area contributed by atoms with E-state index in [2.05, 4.69) is 23.5 Å². The Morgan fingerprint density at radius 2 is 1.86 bits per heavy atom. The topological polar surface area (TPSA) is 12.0 Å². The lowest BCUT2D eigenvalue weighted by atomic mass is 9.74. The fourth-order valence-electron chi connectivity index (χ4n) is 5.03. The number of piperidine rings is 1. The van der Waals surface area contributed by atoms with Crippen molar-refractivity contribution in [1.82, 2.24) is 5.32 Å². The number of hydrogen-bond donors (Lipinski definition) is 1. The van der Waals surface area contributed by atoms with Crippen LogP contribution in [0.2, 0.25) is 0 Å². The molecule has 2 unspecified atom stereocenters. The minimum absolute atomic E-state index is 0.760. The van der Waals surface area contributed by atoms with Crippen molar-refractivity contribution in [3.8, 4) is 0 Å². The van der Waals surface area contributed by atoms with Gasteiger partial charge >= 0.3 is 0 Å². The summed E-state index contributed by atoms with van der Waals surface area (Å²) < 4.78 is 0. The van der Waals surface area contributed by atoms with Gasteiger partial charge in [-0.05, 0) is 67.2 Å². The molecular weight excluding hydrogens is 254 g/mol. The van der Waals surface area contributed by atoms with Crippen LogP contribution in [0.4, 0.5) is 0 Å². The number of fused-ring (bicyclic) bond motifs is 3. The number of rotatable bonds is 2. The van der Waals surface area contributed by atoms with Crippen LogP contribution in [0.3, 0.4) is 0 Å². The van der Waals surface area contributed by atoms with E-state index in [0.717, 1.165) is 17.9 Å². The summed E-state index contributed by atoms with van der Waals surface area (Å²) in [5.74, 6) is 1.76. The van der Waals surface area contributed by atoms with Crippen LogP contribution in [0.25, 0.3) is 0 Å². The number of nitrogens with one attached hydrogen (secondary N) is 1. The van der Waals surface area contributed by atoms with Gasteiger partial charge in [0.05, 0.1) is 0 Å². The Labute approximate surface area is 129 Å². The molecule has 2 fully saturated rings. The lowest BCUT2D eigenvalue weighted by molar-refractivity contribution is 0.319. The molecular formula is C20H29N. The molecule has 1 aromatic carbocycles. The third-order valence-corrected chi connectivity index (χ3v) is 6.16. The first-order chi connectivity index (χ1) is 10.4. The number of benzene rings is 1. The zero-order chi connectivity index (χ0) is 14.1. The lowest BCUT2D eigenvalue weighted by Gasteiger charge is -2.38. The molecule has 3 aliphatic rings. The number of hydrogen-bond acceptors (Lipinski definition) is 1. The SMILES string of the molecule is c1cc2c(cc1CC1CCCCC1)CCC1NCCCC21. The van der Waals surface area contributed by atoms with E-state index in [0.29, 0.717) is 0 Å². The van der Waals surface area contributed by atoms with E-state index in [9.17, 15) is 0 Å². The van der Waals surface area contributed by atoms with Gasteiger partial charge in [0.2, 0.25) is 0 Å².